The third-order valence-electron chi connectivity index (χ3n) is 1.92. The summed E-state index contributed by atoms with van der Waals surface area (Å²) in [5.41, 5.74) is 1.47. The fourth-order valence-corrected chi connectivity index (χ4v) is 2.06. The Morgan fingerprint density at radius 2 is 2.07 bits per heavy atom. The fraction of sp³-hybridized carbons (Fsp3) is 0.111. The number of benzene rings is 1. The number of halogens is 2. The van der Waals surface area contributed by atoms with Gasteiger partial charge in [0.15, 0.2) is 0 Å². The molecule has 0 amide bonds. The van der Waals surface area contributed by atoms with Gasteiger partial charge in [0.2, 0.25) is 5.82 Å². The summed E-state index contributed by atoms with van der Waals surface area (Å²) >= 11 is 6.73. The number of nitrogens with one attached hydrogen (secondary N) is 1. The first kappa shape index (κ1) is 10.6. The van der Waals surface area contributed by atoms with E-state index >= 15 is 0 Å². The Bertz CT molecular complexity index is 497. The molecule has 0 radical (unpaired) electrons. The average Bonchev–Trinajstić information content (AvgIpc) is 2.68. The topological polar surface area (TPSA) is 55.0 Å². The Hall–Kier alpha value is -0.880. The van der Waals surface area contributed by atoms with E-state index in [1.54, 1.807) is 0 Å². The van der Waals surface area contributed by atoms with Gasteiger partial charge < -0.3 is 9.72 Å². The number of H-pyrrole nitrogens is 1. The largest absolute Gasteiger partial charge is 0.463 e. The molecule has 0 aliphatic heterocycles. The number of hydrogen-bond acceptors (Lipinski definition) is 3. The predicted octanol–water partition coefficient (Wildman–Crippen LogP) is 2.87. The van der Waals surface area contributed by atoms with Crippen LogP contribution in [0.5, 0.6) is 0 Å². The van der Waals surface area contributed by atoms with Gasteiger partial charge in [-0.15, -0.1) is 0 Å². The molecule has 0 bridgehead atoms. The quantitative estimate of drug-likeness (QED) is 0.816. The SMILES string of the molecule is COC(=O)c1nc2c(Br)ccc(Br)c2[nH]1. The van der Waals surface area contributed by atoms with E-state index in [1.807, 2.05) is 12.1 Å². The first-order chi connectivity index (χ1) is 7.13. The lowest BCUT2D eigenvalue weighted by atomic mass is 10.3. The number of carbonyl (C=O) groups excluding carboxylic acids is 1. The molecule has 78 valence electrons. The highest BCUT2D eigenvalue weighted by molar-refractivity contribution is 9.11. The number of methoxy groups -OCH3 is 1. The molecule has 0 aliphatic carbocycles. The minimum Gasteiger partial charge on any atom is -0.463 e. The van der Waals surface area contributed by atoms with Crippen molar-refractivity contribution in [3.05, 3.63) is 26.9 Å². The molecule has 15 heavy (non-hydrogen) atoms. The number of rotatable bonds is 1. The second-order valence-corrected chi connectivity index (χ2v) is 4.54. The van der Waals surface area contributed by atoms with Crippen LogP contribution in [-0.2, 0) is 4.74 Å². The predicted molar refractivity (Wildman–Crippen MR) is 62.8 cm³/mol. The zero-order valence-corrected chi connectivity index (χ0v) is 10.8. The monoisotopic (exact) mass is 332 g/mol. The van der Waals surface area contributed by atoms with E-state index in [1.165, 1.54) is 7.11 Å². The van der Waals surface area contributed by atoms with Crippen LogP contribution in [0.15, 0.2) is 21.1 Å². The molecule has 0 atom stereocenters. The van der Waals surface area contributed by atoms with E-state index in [-0.39, 0.29) is 5.82 Å². The molecule has 1 aromatic carbocycles. The van der Waals surface area contributed by atoms with E-state index in [9.17, 15) is 4.79 Å². The zero-order chi connectivity index (χ0) is 11.0. The number of esters is 1. The maximum absolute atomic E-state index is 11.3. The minimum absolute atomic E-state index is 0.195. The highest BCUT2D eigenvalue weighted by Gasteiger charge is 2.14. The molecule has 1 heterocycles. The van der Waals surface area contributed by atoms with Crippen molar-refractivity contribution >= 4 is 48.9 Å². The van der Waals surface area contributed by atoms with E-state index < -0.39 is 5.97 Å². The van der Waals surface area contributed by atoms with Crippen molar-refractivity contribution < 1.29 is 9.53 Å². The first-order valence-corrected chi connectivity index (χ1v) is 5.64. The molecule has 1 N–H and O–H groups in total. The summed E-state index contributed by atoms with van der Waals surface area (Å²) in [6.45, 7) is 0. The molecule has 0 saturated carbocycles. The van der Waals surface area contributed by atoms with Crippen molar-refractivity contribution in [2.75, 3.05) is 7.11 Å². The molecule has 2 rings (SSSR count). The summed E-state index contributed by atoms with van der Waals surface area (Å²) in [6, 6.07) is 3.72. The number of imidazole rings is 1. The summed E-state index contributed by atoms with van der Waals surface area (Å²) in [5.74, 6) is -0.287. The smallest absolute Gasteiger partial charge is 0.374 e. The van der Waals surface area contributed by atoms with E-state index in [2.05, 4.69) is 46.6 Å². The molecule has 0 unspecified atom stereocenters. The normalized spacial score (nSPS) is 10.6. The third-order valence-corrected chi connectivity index (χ3v) is 3.22. The molecule has 2 aromatic rings. The van der Waals surface area contributed by atoms with Crippen molar-refractivity contribution in [1.29, 1.82) is 0 Å². The number of nitrogens with zero attached hydrogens (tertiary/aromatic N) is 1. The van der Waals surface area contributed by atoms with Crippen LogP contribution in [0, 0.1) is 0 Å². The van der Waals surface area contributed by atoms with Gasteiger partial charge in [-0.25, -0.2) is 9.78 Å². The van der Waals surface area contributed by atoms with Gasteiger partial charge >= 0.3 is 5.97 Å². The van der Waals surface area contributed by atoms with Gasteiger partial charge in [0.25, 0.3) is 0 Å². The molecule has 0 aliphatic rings. The van der Waals surface area contributed by atoms with Crippen molar-refractivity contribution in [3.63, 3.8) is 0 Å². The van der Waals surface area contributed by atoms with Gasteiger partial charge in [-0.05, 0) is 44.0 Å². The van der Waals surface area contributed by atoms with Gasteiger partial charge in [0.05, 0.1) is 12.6 Å². The Kier molecular flexibility index (Phi) is 2.79. The Morgan fingerprint density at radius 1 is 1.40 bits per heavy atom. The standard InChI is InChI=1S/C9H6Br2N2O2/c1-15-9(14)8-12-6-4(10)2-3-5(11)7(6)13-8/h2-3H,1H3,(H,12,13). The summed E-state index contributed by atoms with van der Waals surface area (Å²) < 4.78 is 6.26. The van der Waals surface area contributed by atoms with Crippen LogP contribution in [0.3, 0.4) is 0 Å². The maximum atomic E-state index is 11.3. The number of aromatic amines is 1. The molecule has 1 aromatic heterocycles. The van der Waals surface area contributed by atoms with Crippen LogP contribution in [0.2, 0.25) is 0 Å². The summed E-state index contributed by atoms with van der Waals surface area (Å²) in [7, 11) is 1.32. The Labute approximate surface area is 102 Å². The second kappa shape index (κ2) is 3.94. The minimum atomic E-state index is -0.481. The van der Waals surface area contributed by atoms with Crippen LogP contribution in [0.4, 0.5) is 0 Å². The molecule has 0 fully saturated rings. The molecule has 4 nitrogen and oxygen atoms in total. The Balaban J connectivity index is 2.70. The van der Waals surface area contributed by atoms with Crippen LogP contribution < -0.4 is 0 Å². The lowest BCUT2D eigenvalue weighted by Gasteiger charge is -1.93. The molecule has 0 saturated heterocycles. The van der Waals surface area contributed by atoms with Gasteiger partial charge in [0.1, 0.15) is 5.52 Å². The van der Waals surface area contributed by atoms with Gasteiger partial charge in [0, 0.05) is 8.95 Å². The molecular formula is C9H6Br2N2O2. The van der Waals surface area contributed by atoms with Crippen molar-refractivity contribution in [1.82, 2.24) is 9.97 Å². The summed E-state index contributed by atoms with van der Waals surface area (Å²) in [6.07, 6.45) is 0. The number of ether oxygens (including phenoxy) is 1. The highest BCUT2D eigenvalue weighted by Crippen LogP contribution is 2.28. The van der Waals surface area contributed by atoms with Crippen molar-refractivity contribution in [2.24, 2.45) is 0 Å². The maximum Gasteiger partial charge on any atom is 0.374 e. The number of hydrogen-bond donors (Lipinski definition) is 1. The fourth-order valence-electron chi connectivity index (χ4n) is 1.22. The lowest BCUT2D eigenvalue weighted by molar-refractivity contribution is 0.0588. The Morgan fingerprint density at radius 3 is 2.67 bits per heavy atom. The summed E-state index contributed by atoms with van der Waals surface area (Å²) in [4.78, 5) is 18.3. The van der Waals surface area contributed by atoms with Crippen molar-refractivity contribution in [2.45, 2.75) is 0 Å². The molecule has 6 heteroatoms. The highest BCUT2D eigenvalue weighted by atomic mass is 79.9. The zero-order valence-electron chi connectivity index (χ0n) is 7.67. The van der Waals surface area contributed by atoms with Crippen LogP contribution in [0.1, 0.15) is 10.6 Å². The number of aromatic nitrogens is 2. The van der Waals surface area contributed by atoms with Crippen LogP contribution in [0.25, 0.3) is 11.0 Å². The van der Waals surface area contributed by atoms with Crippen LogP contribution in [-0.4, -0.2) is 23.0 Å². The number of fused-ring (bicyclic) bond motifs is 1. The van der Waals surface area contributed by atoms with Crippen molar-refractivity contribution in [3.8, 4) is 0 Å². The number of carbonyl (C=O) groups is 1. The van der Waals surface area contributed by atoms with Gasteiger partial charge in [-0.1, -0.05) is 0 Å². The van der Waals surface area contributed by atoms with Crippen LogP contribution >= 0.6 is 31.9 Å². The van der Waals surface area contributed by atoms with Gasteiger partial charge in [-0.3, -0.25) is 0 Å². The summed E-state index contributed by atoms with van der Waals surface area (Å²) in [5, 5.41) is 0. The van der Waals surface area contributed by atoms with E-state index in [0.29, 0.717) is 5.52 Å². The lowest BCUT2D eigenvalue weighted by Crippen LogP contribution is -2.02. The molecular weight excluding hydrogens is 328 g/mol. The van der Waals surface area contributed by atoms with E-state index in [0.717, 1.165) is 14.5 Å². The van der Waals surface area contributed by atoms with Gasteiger partial charge in [-0.2, -0.15) is 0 Å². The average molecular weight is 334 g/mol. The second-order valence-electron chi connectivity index (χ2n) is 2.83. The first-order valence-electron chi connectivity index (χ1n) is 4.05. The molecule has 0 spiro atoms. The van der Waals surface area contributed by atoms with E-state index in [4.69, 9.17) is 0 Å². The third kappa shape index (κ3) is 1.79.